The largest absolute Gasteiger partial charge is 0.460 e. The van der Waals surface area contributed by atoms with E-state index in [0.717, 1.165) is 63.4 Å². The van der Waals surface area contributed by atoms with Crippen LogP contribution in [0.4, 0.5) is 0 Å². The van der Waals surface area contributed by atoms with Crippen molar-refractivity contribution in [2.75, 3.05) is 33.4 Å². The molecule has 4 rings (SSSR count). The number of rotatable bonds is 6. The Labute approximate surface area is 154 Å². The quantitative estimate of drug-likeness (QED) is 0.745. The van der Waals surface area contributed by atoms with Crippen LogP contribution < -0.4 is 0 Å². The number of furan rings is 1. The predicted octanol–water partition coefficient (Wildman–Crippen LogP) is 3.28. The number of benzene rings is 1. The van der Waals surface area contributed by atoms with Gasteiger partial charge in [0, 0.05) is 51.2 Å². The minimum absolute atomic E-state index is 0.327. The molecular formula is C21H28N2O3. The molecule has 1 amide bonds. The molecule has 0 radical (unpaired) electrons. The Morgan fingerprint density at radius 3 is 3.00 bits per heavy atom. The van der Waals surface area contributed by atoms with Crippen molar-refractivity contribution in [1.82, 2.24) is 9.80 Å². The van der Waals surface area contributed by atoms with Crippen LogP contribution >= 0.6 is 0 Å². The minimum atomic E-state index is 0.327. The summed E-state index contributed by atoms with van der Waals surface area (Å²) in [5, 5.41) is 1.17. The van der Waals surface area contributed by atoms with Crippen LogP contribution in [0.5, 0.6) is 0 Å². The molecule has 3 heterocycles. The summed E-state index contributed by atoms with van der Waals surface area (Å²) in [5.41, 5.74) is 0.963. The average molecular weight is 356 g/mol. The van der Waals surface area contributed by atoms with Crippen molar-refractivity contribution < 1.29 is 13.9 Å². The van der Waals surface area contributed by atoms with E-state index in [1.165, 1.54) is 5.39 Å². The highest BCUT2D eigenvalue weighted by molar-refractivity contribution is 5.78. The molecular weight excluding hydrogens is 328 g/mol. The monoisotopic (exact) mass is 356 g/mol. The third kappa shape index (κ3) is 3.64. The molecule has 0 bridgehead atoms. The summed E-state index contributed by atoms with van der Waals surface area (Å²) in [6.45, 7) is 4.48. The average Bonchev–Trinajstić information content (AvgIpc) is 3.06. The second-order valence-corrected chi connectivity index (χ2v) is 7.57. The molecule has 2 aliphatic heterocycles. The van der Waals surface area contributed by atoms with E-state index in [2.05, 4.69) is 21.9 Å². The van der Waals surface area contributed by atoms with Crippen molar-refractivity contribution in [2.45, 2.75) is 38.3 Å². The van der Waals surface area contributed by atoms with Gasteiger partial charge in [0.05, 0.1) is 6.54 Å². The number of carbonyl (C=O) groups excluding carboxylic acids is 1. The number of piperidine rings is 2. The zero-order chi connectivity index (χ0) is 17.9. The number of hydrogen-bond donors (Lipinski definition) is 0. The van der Waals surface area contributed by atoms with Gasteiger partial charge in [-0.25, -0.2) is 0 Å². The van der Waals surface area contributed by atoms with Crippen LogP contribution in [0.3, 0.4) is 0 Å². The predicted molar refractivity (Wildman–Crippen MR) is 101 cm³/mol. The van der Waals surface area contributed by atoms with Crippen LogP contribution in [0.15, 0.2) is 34.7 Å². The van der Waals surface area contributed by atoms with Gasteiger partial charge in [0.25, 0.3) is 0 Å². The van der Waals surface area contributed by atoms with E-state index >= 15 is 0 Å². The summed E-state index contributed by atoms with van der Waals surface area (Å²) in [5.74, 6) is 1.94. The first kappa shape index (κ1) is 17.6. The van der Waals surface area contributed by atoms with E-state index in [9.17, 15) is 4.79 Å². The Kier molecular flexibility index (Phi) is 5.27. The molecule has 1 aromatic heterocycles. The van der Waals surface area contributed by atoms with E-state index < -0.39 is 0 Å². The van der Waals surface area contributed by atoms with Crippen molar-refractivity contribution in [2.24, 2.45) is 5.92 Å². The van der Waals surface area contributed by atoms with E-state index in [-0.39, 0.29) is 0 Å². The molecule has 5 heteroatoms. The minimum Gasteiger partial charge on any atom is -0.460 e. The van der Waals surface area contributed by atoms with E-state index in [4.69, 9.17) is 9.15 Å². The van der Waals surface area contributed by atoms with Crippen LogP contribution in [0.1, 0.15) is 31.4 Å². The highest BCUT2D eigenvalue weighted by Gasteiger charge is 2.39. The maximum absolute atomic E-state index is 12.4. The molecule has 2 saturated heterocycles. The number of amides is 1. The Morgan fingerprint density at radius 2 is 2.15 bits per heavy atom. The Bertz CT molecular complexity index is 724. The first-order chi connectivity index (χ1) is 12.7. The van der Waals surface area contributed by atoms with Gasteiger partial charge < -0.3 is 14.1 Å². The van der Waals surface area contributed by atoms with Crippen molar-refractivity contribution in [3.63, 3.8) is 0 Å². The maximum Gasteiger partial charge on any atom is 0.222 e. The lowest BCUT2D eigenvalue weighted by atomic mass is 9.83. The van der Waals surface area contributed by atoms with Crippen LogP contribution in [0, 0.1) is 5.92 Å². The van der Waals surface area contributed by atoms with Crippen LogP contribution in [0.2, 0.25) is 0 Å². The van der Waals surface area contributed by atoms with Gasteiger partial charge >= 0.3 is 0 Å². The molecule has 2 fully saturated rings. The zero-order valence-corrected chi connectivity index (χ0v) is 15.5. The fourth-order valence-corrected chi connectivity index (χ4v) is 4.58. The zero-order valence-electron chi connectivity index (χ0n) is 15.5. The normalized spacial score (nSPS) is 24.2. The Balaban J connectivity index is 1.38. The van der Waals surface area contributed by atoms with Crippen LogP contribution in [0.25, 0.3) is 11.0 Å². The van der Waals surface area contributed by atoms with Crippen molar-refractivity contribution >= 4 is 16.9 Å². The maximum atomic E-state index is 12.4. The number of para-hydroxylation sites is 1. The van der Waals surface area contributed by atoms with Gasteiger partial charge in [0.15, 0.2) is 0 Å². The van der Waals surface area contributed by atoms with Gasteiger partial charge in [0.2, 0.25) is 5.91 Å². The second kappa shape index (κ2) is 7.80. The van der Waals surface area contributed by atoms with Gasteiger partial charge in [-0.2, -0.15) is 0 Å². The number of carbonyl (C=O) groups is 1. The molecule has 140 valence electrons. The molecule has 2 atom stereocenters. The number of ether oxygens (including phenoxy) is 1. The van der Waals surface area contributed by atoms with Gasteiger partial charge in [-0.15, -0.1) is 0 Å². The number of fused-ring (bicyclic) bond motifs is 2. The van der Waals surface area contributed by atoms with Crippen molar-refractivity contribution in [3.8, 4) is 0 Å². The summed E-state index contributed by atoms with van der Waals surface area (Å²) >= 11 is 0. The summed E-state index contributed by atoms with van der Waals surface area (Å²) in [6, 6.07) is 10.7. The molecule has 0 N–H and O–H groups in total. The van der Waals surface area contributed by atoms with Gasteiger partial charge in [-0.1, -0.05) is 18.2 Å². The highest BCUT2D eigenvalue weighted by atomic mass is 16.5. The molecule has 0 saturated carbocycles. The van der Waals surface area contributed by atoms with Gasteiger partial charge in [0.1, 0.15) is 11.3 Å². The number of nitrogens with zero attached hydrogens (tertiary/aromatic N) is 2. The van der Waals surface area contributed by atoms with E-state index in [0.29, 0.717) is 24.3 Å². The van der Waals surface area contributed by atoms with Crippen LogP contribution in [-0.2, 0) is 16.1 Å². The summed E-state index contributed by atoms with van der Waals surface area (Å²) in [7, 11) is 1.72. The first-order valence-electron chi connectivity index (χ1n) is 9.73. The number of methoxy groups -OCH3 is 1. The molecule has 0 spiro atoms. The Hall–Kier alpha value is -1.85. The third-order valence-electron chi connectivity index (χ3n) is 5.83. The molecule has 0 aliphatic carbocycles. The lowest BCUT2D eigenvalue weighted by molar-refractivity contribution is -0.141. The summed E-state index contributed by atoms with van der Waals surface area (Å²) < 4.78 is 11.1. The summed E-state index contributed by atoms with van der Waals surface area (Å²) in [6.07, 6.45) is 3.69. The van der Waals surface area contributed by atoms with E-state index in [1.54, 1.807) is 7.11 Å². The number of hydrogen-bond acceptors (Lipinski definition) is 4. The fraction of sp³-hybridized carbons (Fsp3) is 0.571. The highest BCUT2D eigenvalue weighted by Crippen LogP contribution is 2.32. The topological polar surface area (TPSA) is 45.9 Å². The first-order valence-corrected chi connectivity index (χ1v) is 9.73. The van der Waals surface area contributed by atoms with Crippen molar-refractivity contribution in [1.29, 1.82) is 0 Å². The Morgan fingerprint density at radius 1 is 1.27 bits per heavy atom. The molecule has 0 unspecified atom stereocenters. The third-order valence-corrected chi connectivity index (χ3v) is 5.83. The lowest BCUT2D eigenvalue weighted by Crippen LogP contribution is -2.56. The molecule has 5 nitrogen and oxygen atoms in total. The fourth-order valence-electron chi connectivity index (χ4n) is 4.58. The number of likely N-dealkylation sites (tertiary alicyclic amines) is 2. The van der Waals surface area contributed by atoms with E-state index in [1.807, 2.05) is 18.2 Å². The smallest absolute Gasteiger partial charge is 0.222 e. The molecule has 1 aromatic carbocycles. The van der Waals surface area contributed by atoms with Crippen molar-refractivity contribution in [3.05, 3.63) is 36.1 Å². The standard InChI is InChI=1S/C21H28N2O3/c1-25-12-4-10-23-19-9-11-22(14-17(19)7-8-21(23)24)15-18-13-16-5-2-3-6-20(16)26-18/h2-3,5-6,13,17,19H,4,7-12,14-15H2,1H3/t17-,19+/m0/s1. The summed E-state index contributed by atoms with van der Waals surface area (Å²) in [4.78, 5) is 17.0. The van der Waals surface area contributed by atoms with Gasteiger partial charge in [-0.3, -0.25) is 9.69 Å². The van der Waals surface area contributed by atoms with Gasteiger partial charge in [-0.05, 0) is 37.3 Å². The second-order valence-electron chi connectivity index (χ2n) is 7.57. The molecule has 2 aliphatic rings. The molecule has 26 heavy (non-hydrogen) atoms. The SMILES string of the molecule is COCCCN1C(=O)CC[C@H]2CN(Cc3cc4ccccc4o3)CC[C@H]21. The van der Waals surface area contributed by atoms with Crippen LogP contribution in [-0.4, -0.2) is 55.1 Å². The molecule has 2 aromatic rings. The lowest BCUT2D eigenvalue weighted by Gasteiger charge is -2.47.